The summed E-state index contributed by atoms with van der Waals surface area (Å²) in [6.45, 7) is 5.83. The molecule has 0 unspecified atom stereocenters. The van der Waals surface area contributed by atoms with Gasteiger partial charge in [-0.05, 0) is 45.0 Å². The lowest BCUT2D eigenvalue weighted by Gasteiger charge is -2.10. The predicted octanol–water partition coefficient (Wildman–Crippen LogP) is 4.22. The summed E-state index contributed by atoms with van der Waals surface area (Å²) in [5.41, 5.74) is 2.88. The fraction of sp³-hybridized carbons (Fsp3) is 0.238. The molecule has 0 amide bonds. The Hall–Kier alpha value is -3.06. The number of methoxy groups -OCH3 is 1. The molecule has 2 N–H and O–H groups in total. The predicted molar refractivity (Wildman–Crippen MR) is 112 cm³/mol. The quantitative estimate of drug-likeness (QED) is 0.633. The van der Waals surface area contributed by atoms with Gasteiger partial charge in [-0.2, -0.15) is 5.10 Å². The largest absolute Gasteiger partial charge is 0.508 e. The van der Waals surface area contributed by atoms with Gasteiger partial charge in [-0.25, -0.2) is 4.68 Å². The minimum atomic E-state index is -0.0294. The second kappa shape index (κ2) is 8.31. The molecule has 1 heterocycles. The van der Waals surface area contributed by atoms with Gasteiger partial charge < -0.3 is 14.9 Å². The van der Waals surface area contributed by atoms with Crippen LogP contribution in [-0.4, -0.2) is 33.8 Å². The smallest absolute Gasteiger partial charge is 0.206 e. The molecule has 2 aromatic carbocycles. The molecule has 1 aromatic heterocycles. The molecule has 0 atom stereocenters. The number of thiazole rings is 1. The van der Waals surface area contributed by atoms with Crippen LogP contribution < -0.4 is 9.54 Å². The van der Waals surface area contributed by atoms with Gasteiger partial charge in [0, 0.05) is 28.6 Å². The first-order valence-electron chi connectivity index (χ1n) is 8.86. The van der Waals surface area contributed by atoms with E-state index in [2.05, 4.69) is 4.99 Å². The normalized spacial score (nSPS) is 12.6. The van der Waals surface area contributed by atoms with E-state index in [1.54, 1.807) is 17.9 Å². The maximum Gasteiger partial charge on any atom is 0.206 e. The number of benzene rings is 2. The number of hydrogen-bond acceptors (Lipinski definition) is 6. The van der Waals surface area contributed by atoms with Crippen molar-refractivity contribution in [3.8, 4) is 28.5 Å². The highest BCUT2D eigenvalue weighted by Gasteiger charge is 2.14. The Morgan fingerprint density at radius 2 is 1.89 bits per heavy atom. The summed E-state index contributed by atoms with van der Waals surface area (Å²) in [5, 5.41) is 26.4. The Labute approximate surface area is 167 Å². The van der Waals surface area contributed by atoms with Gasteiger partial charge in [-0.3, -0.25) is 4.99 Å². The first kappa shape index (κ1) is 19.7. The van der Waals surface area contributed by atoms with Crippen LogP contribution in [0.1, 0.15) is 26.3 Å². The number of rotatable bonds is 5. The number of para-hydroxylation sites is 1. The van der Waals surface area contributed by atoms with Crippen molar-refractivity contribution in [1.29, 1.82) is 0 Å². The summed E-state index contributed by atoms with van der Waals surface area (Å²) in [4.78, 5) is 5.42. The number of hydrogen-bond donors (Lipinski definition) is 2. The summed E-state index contributed by atoms with van der Waals surface area (Å²) in [5.74, 6) is 0.714. The summed E-state index contributed by atoms with van der Waals surface area (Å²) in [6.07, 6.45) is 0. The topological polar surface area (TPSA) is 79.3 Å². The van der Waals surface area contributed by atoms with E-state index in [9.17, 15) is 10.2 Å². The molecule has 3 aromatic rings. The third-order valence-electron chi connectivity index (χ3n) is 4.06. The van der Waals surface area contributed by atoms with E-state index in [0.29, 0.717) is 11.3 Å². The molecule has 0 aliphatic rings. The maximum atomic E-state index is 10.2. The van der Waals surface area contributed by atoms with E-state index in [0.717, 1.165) is 21.8 Å². The van der Waals surface area contributed by atoms with Crippen molar-refractivity contribution in [2.45, 2.75) is 26.8 Å². The number of phenolic OH excluding ortho intramolecular Hbond substituents is 2. The van der Waals surface area contributed by atoms with Gasteiger partial charge in [0.25, 0.3) is 0 Å². The van der Waals surface area contributed by atoms with E-state index in [1.807, 2.05) is 50.4 Å². The van der Waals surface area contributed by atoms with Crippen molar-refractivity contribution >= 4 is 17.0 Å². The van der Waals surface area contributed by atoms with Crippen LogP contribution in [0.4, 0.5) is 0 Å². The zero-order valence-corrected chi connectivity index (χ0v) is 17.1. The summed E-state index contributed by atoms with van der Waals surface area (Å²) in [7, 11) is 1.64. The van der Waals surface area contributed by atoms with E-state index in [1.165, 1.54) is 23.5 Å². The average molecular weight is 398 g/mol. The second-order valence-electron chi connectivity index (χ2n) is 6.53. The van der Waals surface area contributed by atoms with E-state index in [-0.39, 0.29) is 17.5 Å². The molecule has 6 nitrogen and oxygen atoms in total. The molecule has 7 heteroatoms. The molecule has 0 aliphatic carbocycles. The minimum absolute atomic E-state index is 0.00226. The second-order valence-corrected chi connectivity index (χ2v) is 7.36. The number of nitrogens with zero attached hydrogens (tertiary/aromatic N) is 3. The Kier molecular flexibility index (Phi) is 5.84. The van der Waals surface area contributed by atoms with Crippen molar-refractivity contribution in [1.82, 2.24) is 4.68 Å². The molecule has 0 bridgehead atoms. The van der Waals surface area contributed by atoms with Crippen molar-refractivity contribution in [3.05, 3.63) is 58.2 Å². The third kappa shape index (κ3) is 4.09. The van der Waals surface area contributed by atoms with Crippen molar-refractivity contribution in [3.63, 3.8) is 0 Å². The highest BCUT2D eigenvalue weighted by Crippen LogP contribution is 2.30. The van der Waals surface area contributed by atoms with Crippen LogP contribution in [-0.2, 0) is 0 Å². The van der Waals surface area contributed by atoms with Gasteiger partial charge in [-0.15, -0.1) is 11.3 Å². The monoisotopic (exact) mass is 397 g/mol. The molecule has 3 rings (SSSR count). The van der Waals surface area contributed by atoms with Gasteiger partial charge in [-0.1, -0.05) is 12.1 Å². The molecule has 0 radical (unpaired) electrons. The minimum Gasteiger partial charge on any atom is -0.508 e. The van der Waals surface area contributed by atoms with Gasteiger partial charge in [0.2, 0.25) is 4.80 Å². The molecule has 28 heavy (non-hydrogen) atoms. The van der Waals surface area contributed by atoms with Crippen LogP contribution >= 0.6 is 11.3 Å². The highest BCUT2D eigenvalue weighted by atomic mass is 32.1. The summed E-state index contributed by atoms with van der Waals surface area (Å²) >= 11 is 1.49. The molecule has 0 saturated carbocycles. The Balaban J connectivity index is 2.22. The number of ether oxygens (including phenoxy) is 1. The fourth-order valence-electron chi connectivity index (χ4n) is 2.78. The van der Waals surface area contributed by atoms with Crippen LogP contribution in [0.3, 0.4) is 0 Å². The van der Waals surface area contributed by atoms with E-state index in [4.69, 9.17) is 9.84 Å². The van der Waals surface area contributed by atoms with Crippen LogP contribution in [0.15, 0.2) is 57.9 Å². The number of aromatic nitrogens is 1. The van der Waals surface area contributed by atoms with Gasteiger partial charge in [0.1, 0.15) is 17.2 Å². The van der Waals surface area contributed by atoms with Crippen LogP contribution in [0.25, 0.3) is 11.3 Å². The molecule has 0 aliphatic heterocycles. The van der Waals surface area contributed by atoms with Gasteiger partial charge >= 0.3 is 0 Å². The van der Waals surface area contributed by atoms with E-state index >= 15 is 0 Å². The molecule has 0 fully saturated rings. The molecular formula is C21H23N3O3S. The zero-order valence-electron chi connectivity index (χ0n) is 16.2. The van der Waals surface area contributed by atoms with Gasteiger partial charge in [0.15, 0.2) is 0 Å². The molecule has 0 saturated heterocycles. The Morgan fingerprint density at radius 1 is 1.14 bits per heavy atom. The average Bonchev–Trinajstić information content (AvgIpc) is 3.03. The fourth-order valence-corrected chi connectivity index (χ4v) is 3.73. The molecule has 0 spiro atoms. The third-order valence-corrected chi connectivity index (χ3v) is 4.89. The van der Waals surface area contributed by atoms with E-state index < -0.39 is 0 Å². The number of phenols is 2. The van der Waals surface area contributed by atoms with Crippen LogP contribution in [0.2, 0.25) is 0 Å². The SMILES string of the molecule is COc1ccccc1-c1csc(=NC(C)C)n1N=C(C)c1ccc(O)cc1O. The lowest BCUT2D eigenvalue weighted by molar-refractivity contribution is 0.416. The standard InChI is InChI=1S/C21H23N3O3S/c1-13(2)22-21-24(23-14(3)16-10-9-15(25)11-19(16)26)18(12-28-21)17-7-5-6-8-20(17)27-4/h5-13,25-26H,1-4H3. The summed E-state index contributed by atoms with van der Waals surface area (Å²) in [6, 6.07) is 12.3. The first-order chi connectivity index (χ1) is 13.4. The first-order valence-corrected chi connectivity index (χ1v) is 9.74. The lowest BCUT2D eigenvalue weighted by atomic mass is 10.1. The maximum absolute atomic E-state index is 10.2. The molecule has 146 valence electrons. The van der Waals surface area contributed by atoms with Crippen molar-refractivity contribution < 1.29 is 14.9 Å². The lowest BCUT2D eigenvalue weighted by Crippen LogP contribution is -2.16. The Morgan fingerprint density at radius 3 is 2.57 bits per heavy atom. The van der Waals surface area contributed by atoms with Crippen molar-refractivity contribution in [2.75, 3.05) is 7.11 Å². The van der Waals surface area contributed by atoms with Gasteiger partial charge in [0.05, 0.1) is 18.5 Å². The van der Waals surface area contributed by atoms with Crippen LogP contribution in [0.5, 0.6) is 17.2 Å². The summed E-state index contributed by atoms with van der Waals surface area (Å²) < 4.78 is 7.28. The Bertz CT molecular complexity index is 1080. The zero-order chi connectivity index (χ0) is 20.3. The highest BCUT2D eigenvalue weighted by molar-refractivity contribution is 7.07. The van der Waals surface area contributed by atoms with Crippen molar-refractivity contribution in [2.24, 2.45) is 10.1 Å². The molecular weight excluding hydrogens is 374 g/mol. The van der Waals surface area contributed by atoms with Crippen LogP contribution in [0, 0.1) is 0 Å². The number of aromatic hydroxyl groups is 2.